The van der Waals surface area contributed by atoms with Crippen LogP contribution in [0, 0.1) is 11.3 Å². The van der Waals surface area contributed by atoms with Gasteiger partial charge in [0.05, 0.1) is 12.8 Å². The van der Waals surface area contributed by atoms with Crippen molar-refractivity contribution < 1.29 is 19.1 Å². The molecule has 2 bridgehead atoms. The smallest absolute Gasteiger partial charge is 0.335 e. The number of ether oxygens (including phenoxy) is 1. The number of hydrogen-bond donors (Lipinski definition) is 1. The Morgan fingerprint density at radius 2 is 1.67 bits per heavy atom. The minimum absolute atomic E-state index is 0.00199. The largest absolute Gasteiger partial charge is 0.496 e. The minimum Gasteiger partial charge on any atom is -0.496 e. The number of nitrogens with one attached hydrogen (secondary N) is 1. The molecule has 1 N–H and O–H groups in total. The predicted molar refractivity (Wildman–Crippen MR) is 145 cm³/mol. The summed E-state index contributed by atoms with van der Waals surface area (Å²) in [5, 5.41) is 2.48. The quantitative estimate of drug-likeness (QED) is 0.496. The van der Waals surface area contributed by atoms with Gasteiger partial charge in [0.25, 0.3) is 11.5 Å². The number of carbonyl (C=O) groups excluding carboxylic acids is 3. The molecule has 4 heterocycles. The van der Waals surface area contributed by atoms with Crippen LogP contribution in [0.3, 0.4) is 0 Å². The molecule has 3 atom stereocenters. The molecular formula is C30H30N4O5. The number of urea groups is 1. The number of rotatable bonds is 6. The highest BCUT2D eigenvalue weighted by molar-refractivity contribution is 6.30. The van der Waals surface area contributed by atoms with Gasteiger partial charge in [-0.1, -0.05) is 42.5 Å². The molecular weight excluding hydrogens is 496 g/mol. The zero-order valence-electron chi connectivity index (χ0n) is 21.7. The number of hydrogen-bond acceptors (Lipinski definition) is 6. The molecule has 6 rings (SSSR count). The van der Waals surface area contributed by atoms with E-state index in [9.17, 15) is 19.2 Å². The molecule has 4 amide bonds. The fourth-order valence-electron chi connectivity index (χ4n) is 6.52. The Morgan fingerprint density at radius 3 is 2.46 bits per heavy atom. The minimum atomic E-state index is -1.57. The summed E-state index contributed by atoms with van der Waals surface area (Å²) in [5.74, 6) is -0.260. The van der Waals surface area contributed by atoms with E-state index in [0.717, 1.165) is 17.0 Å². The Balaban J connectivity index is 1.40. The van der Waals surface area contributed by atoms with E-state index in [-0.39, 0.29) is 30.4 Å². The van der Waals surface area contributed by atoms with Crippen molar-refractivity contribution in [2.45, 2.75) is 25.3 Å². The summed E-state index contributed by atoms with van der Waals surface area (Å²) in [6.07, 6.45) is 1.02. The summed E-state index contributed by atoms with van der Waals surface area (Å²) in [7, 11) is 1.55. The zero-order valence-corrected chi connectivity index (χ0v) is 21.7. The summed E-state index contributed by atoms with van der Waals surface area (Å²) in [4.78, 5) is 56.9. The van der Waals surface area contributed by atoms with Crippen LogP contribution in [-0.4, -0.2) is 54.1 Å². The maximum absolute atomic E-state index is 14.4. The summed E-state index contributed by atoms with van der Waals surface area (Å²) >= 11 is 0. The SMILES string of the molecule is COc1ccccc1C[C@]1(CN2C[C@@H]3C[C@H](C2)c2cccc(=O)n2C3)C(=O)NC(=O)N(c2ccccc2)C1=O. The fourth-order valence-corrected chi connectivity index (χ4v) is 6.52. The van der Waals surface area contributed by atoms with Gasteiger partial charge in [0, 0.05) is 50.3 Å². The lowest BCUT2D eigenvalue weighted by Gasteiger charge is -2.47. The third-order valence-corrected chi connectivity index (χ3v) is 8.22. The second kappa shape index (κ2) is 9.81. The zero-order chi connectivity index (χ0) is 27.1. The van der Waals surface area contributed by atoms with Gasteiger partial charge in [0.2, 0.25) is 5.91 Å². The number of para-hydroxylation sites is 2. The van der Waals surface area contributed by atoms with Gasteiger partial charge in [0.15, 0.2) is 0 Å². The predicted octanol–water partition coefficient (Wildman–Crippen LogP) is 2.79. The van der Waals surface area contributed by atoms with Crippen molar-refractivity contribution in [3.63, 3.8) is 0 Å². The Bertz CT molecular complexity index is 1500. The highest BCUT2D eigenvalue weighted by atomic mass is 16.5. The number of aromatic nitrogens is 1. The van der Waals surface area contributed by atoms with E-state index in [1.807, 2.05) is 28.8 Å². The van der Waals surface area contributed by atoms with Gasteiger partial charge in [-0.3, -0.25) is 19.7 Å². The van der Waals surface area contributed by atoms with Gasteiger partial charge in [-0.25, -0.2) is 9.69 Å². The second-order valence-corrected chi connectivity index (χ2v) is 10.7. The number of anilines is 1. The number of methoxy groups -OCH3 is 1. The van der Waals surface area contributed by atoms with Gasteiger partial charge >= 0.3 is 6.03 Å². The molecule has 2 saturated heterocycles. The van der Waals surface area contributed by atoms with Crippen molar-refractivity contribution >= 4 is 23.5 Å². The summed E-state index contributed by atoms with van der Waals surface area (Å²) < 4.78 is 7.42. The van der Waals surface area contributed by atoms with Crippen LogP contribution in [-0.2, 0) is 22.6 Å². The lowest BCUT2D eigenvalue weighted by Crippen LogP contribution is -2.68. The third-order valence-electron chi connectivity index (χ3n) is 8.22. The van der Waals surface area contributed by atoms with E-state index in [1.54, 1.807) is 55.6 Å². The molecule has 3 aliphatic rings. The van der Waals surface area contributed by atoms with E-state index in [2.05, 4.69) is 10.2 Å². The Labute approximate surface area is 226 Å². The van der Waals surface area contributed by atoms with Crippen molar-refractivity contribution in [1.82, 2.24) is 14.8 Å². The molecule has 3 aromatic rings. The van der Waals surface area contributed by atoms with E-state index in [4.69, 9.17) is 4.74 Å². The number of barbiturate groups is 1. The lowest BCUT2D eigenvalue weighted by atomic mass is 9.75. The number of benzene rings is 2. The highest BCUT2D eigenvalue weighted by Crippen LogP contribution is 2.40. The first-order valence-corrected chi connectivity index (χ1v) is 13.2. The van der Waals surface area contributed by atoms with Crippen LogP contribution in [0.4, 0.5) is 10.5 Å². The molecule has 9 nitrogen and oxygen atoms in total. The maximum atomic E-state index is 14.4. The van der Waals surface area contributed by atoms with Gasteiger partial charge in [-0.2, -0.15) is 0 Å². The van der Waals surface area contributed by atoms with Crippen LogP contribution in [0.15, 0.2) is 77.6 Å². The molecule has 0 radical (unpaired) electrons. The number of likely N-dealkylation sites (tertiary alicyclic amines) is 1. The van der Waals surface area contributed by atoms with Crippen LogP contribution in [0.2, 0.25) is 0 Å². The van der Waals surface area contributed by atoms with Gasteiger partial charge < -0.3 is 14.2 Å². The summed E-state index contributed by atoms with van der Waals surface area (Å²) in [6, 6.07) is 20.6. The van der Waals surface area contributed by atoms with Gasteiger partial charge in [-0.15, -0.1) is 0 Å². The van der Waals surface area contributed by atoms with Crippen LogP contribution < -0.4 is 20.5 Å². The molecule has 3 aliphatic heterocycles. The van der Waals surface area contributed by atoms with Crippen molar-refractivity contribution in [2.24, 2.45) is 11.3 Å². The van der Waals surface area contributed by atoms with Gasteiger partial charge in [0.1, 0.15) is 11.2 Å². The molecule has 2 aromatic carbocycles. The number of imide groups is 2. The highest BCUT2D eigenvalue weighted by Gasteiger charge is 2.56. The molecule has 0 saturated carbocycles. The first-order valence-electron chi connectivity index (χ1n) is 13.2. The molecule has 9 heteroatoms. The van der Waals surface area contributed by atoms with Crippen molar-refractivity contribution in [3.05, 3.63) is 94.4 Å². The summed E-state index contributed by atoms with van der Waals surface area (Å²) in [6.45, 7) is 1.99. The average Bonchev–Trinajstić information content (AvgIpc) is 2.93. The number of nitrogens with zero attached hydrogens (tertiary/aromatic N) is 3. The van der Waals surface area contributed by atoms with Crippen molar-refractivity contribution in [2.75, 3.05) is 31.6 Å². The average molecular weight is 527 g/mol. The first-order chi connectivity index (χ1) is 18.9. The first kappa shape index (κ1) is 25.1. The van der Waals surface area contributed by atoms with Crippen molar-refractivity contribution in [3.8, 4) is 5.75 Å². The number of amides is 4. The normalized spacial score (nSPS) is 24.7. The third kappa shape index (κ3) is 4.32. The monoisotopic (exact) mass is 526 g/mol. The molecule has 2 fully saturated rings. The van der Waals surface area contributed by atoms with Gasteiger partial charge in [-0.05, 0) is 42.2 Å². The van der Waals surface area contributed by atoms with E-state index >= 15 is 0 Å². The molecule has 0 spiro atoms. The number of piperidine rings is 1. The lowest BCUT2D eigenvalue weighted by molar-refractivity contribution is -0.144. The molecule has 0 aliphatic carbocycles. The molecule has 39 heavy (non-hydrogen) atoms. The number of fused-ring (bicyclic) bond motifs is 4. The molecule has 0 unspecified atom stereocenters. The molecule has 200 valence electrons. The standard InChI is InChI=1S/C30H30N4O5/c1-39-25-12-6-5-8-21(25)15-30(27(36)31-29(38)34(28(30)37)23-9-3-2-4-10-23)19-32-16-20-14-22(18-32)24-11-7-13-26(35)33(24)17-20/h2-13,20,22H,14-19H2,1H3,(H,31,36,38)/t20-,22+,30-/m0/s1. The number of pyridine rings is 1. The van der Waals surface area contributed by atoms with Crippen LogP contribution in [0.5, 0.6) is 5.75 Å². The van der Waals surface area contributed by atoms with E-state index in [1.165, 1.54) is 0 Å². The van der Waals surface area contributed by atoms with E-state index in [0.29, 0.717) is 36.6 Å². The van der Waals surface area contributed by atoms with Crippen LogP contribution in [0.25, 0.3) is 0 Å². The second-order valence-electron chi connectivity index (χ2n) is 10.7. The number of carbonyl (C=O) groups is 3. The molecule has 1 aromatic heterocycles. The maximum Gasteiger partial charge on any atom is 0.335 e. The topological polar surface area (TPSA) is 101 Å². The summed E-state index contributed by atoms with van der Waals surface area (Å²) in [5.41, 5.74) is 0.533. The van der Waals surface area contributed by atoms with Crippen LogP contribution >= 0.6 is 0 Å². The van der Waals surface area contributed by atoms with E-state index < -0.39 is 23.3 Å². The van der Waals surface area contributed by atoms with Crippen molar-refractivity contribution in [1.29, 1.82) is 0 Å². The Kier molecular flexibility index (Phi) is 6.31. The fraction of sp³-hybridized carbons (Fsp3) is 0.333. The Morgan fingerprint density at radius 1 is 0.897 bits per heavy atom. The Hall–Kier alpha value is -4.24. The van der Waals surface area contributed by atoms with Crippen LogP contribution in [0.1, 0.15) is 23.6 Å².